The summed E-state index contributed by atoms with van der Waals surface area (Å²) in [6, 6.07) is 4.47. The van der Waals surface area contributed by atoms with Gasteiger partial charge in [-0.3, -0.25) is 4.79 Å². The maximum atomic E-state index is 12.1. The minimum atomic E-state index is -4.04. The number of aliphatic hydroxyl groups is 1. The average molecular weight is 289 g/mol. The fraction of sp³-hybridized carbons (Fsp3) is 0.364. The second-order valence-corrected chi connectivity index (χ2v) is 5.36. The molecule has 0 saturated carbocycles. The van der Waals surface area contributed by atoms with Gasteiger partial charge in [-0.25, -0.2) is 8.42 Å². The van der Waals surface area contributed by atoms with E-state index < -0.39 is 28.6 Å². The Morgan fingerprint density at radius 3 is 2.58 bits per heavy atom. The van der Waals surface area contributed by atoms with Gasteiger partial charge >= 0.3 is 5.97 Å². The number of benzene rings is 1. The summed E-state index contributed by atoms with van der Waals surface area (Å²) in [5, 5.41) is 17.6. The highest BCUT2D eigenvalue weighted by atomic mass is 32.2. The van der Waals surface area contributed by atoms with Gasteiger partial charge in [0, 0.05) is 6.61 Å². The smallest absolute Gasteiger partial charge is 0.321 e. The van der Waals surface area contributed by atoms with Gasteiger partial charge in [0.2, 0.25) is 10.0 Å². The molecule has 0 aliphatic rings. The van der Waals surface area contributed by atoms with Crippen LogP contribution in [-0.2, 0) is 14.8 Å². The van der Waals surface area contributed by atoms with Crippen LogP contribution in [0.4, 0.5) is 0 Å². The lowest BCUT2D eigenvalue weighted by atomic mass is 10.2. The molecule has 3 N–H and O–H groups in total. The molecule has 1 unspecified atom stereocenters. The van der Waals surface area contributed by atoms with Gasteiger partial charge in [0.1, 0.15) is 16.7 Å². The number of carboxylic acid groups (broad SMARTS) is 1. The maximum Gasteiger partial charge on any atom is 0.321 e. The lowest BCUT2D eigenvalue weighted by molar-refractivity contribution is -0.139. The molecule has 7 nitrogen and oxygen atoms in total. The van der Waals surface area contributed by atoms with Crippen LogP contribution < -0.4 is 9.46 Å². The zero-order valence-electron chi connectivity index (χ0n) is 10.2. The third kappa shape index (κ3) is 3.91. The highest BCUT2D eigenvalue weighted by Crippen LogP contribution is 2.22. The van der Waals surface area contributed by atoms with Crippen LogP contribution in [0.2, 0.25) is 0 Å². The Bertz CT molecular complexity index is 542. The van der Waals surface area contributed by atoms with Gasteiger partial charge in [-0.2, -0.15) is 4.72 Å². The lowest BCUT2D eigenvalue weighted by Crippen LogP contribution is -2.41. The van der Waals surface area contributed by atoms with Crippen molar-refractivity contribution in [2.45, 2.75) is 17.4 Å². The van der Waals surface area contributed by atoms with Gasteiger partial charge in [0.25, 0.3) is 0 Å². The Morgan fingerprint density at radius 2 is 2.05 bits per heavy atom. The average Bonchev–Trinajstić information content (AvgIpc) is 2.38. The van der Waals surface area contributed by atoms with Gasteiger partial charge in [-0.1, -0.05) is 12.1 Å². The first-order chi connectivity index (χ1) is 8.92. The van der Waals surface area contributed by atoms with Crippen molar-refractivity contribution in [1.29, 1.82) is 0 Å². The zero-order chi connectivity index (χ0) is 14.5. The van der Waals surface area contributed by atoms with Crippen LogP contribution in [0.15, 0.2) is 29.2 Å². The van der Waals surface area contributed by atoms with E-state index in [4.69, 9.17) is 14.9 Å². The van der Waals surface area contributed by atoms with Gasteiger partial charge < -0.3 is 14.9 Å². The van der Waals surface area contributed by atoms with Crippen molar-refractivity contribution >= 4 is 16.0 Å². The van der Waals surface area contributed by atoms with E-state index in [0.29, 0.717) is 0 Å². The number of hydrogen-bond donors (Lipinski definition) is 3. The monoisotopic (exact) mass is 289 g/mol. The molecule has 1 rings (SSSR count). The second kappa shape index (κ2) is 6.50. The Kier molecular flexibility index (Phi) is 5.28. The molecule has 0 aliphatic carbocycles. The van der Waals surface area contributed by atoms with Crippen molar-refractivity contribution in [1.82, 2.24) is 4.72 Å². The maximum absolute atomic E-state index is 12.1. The largest absolute Gasteiger partial charge is 0.495 e. The Balaban J connectivity index is 3.06. The van der Waals surface area contributed by atoms with E-state index in [2.05, 4.69) is 0 Å². The lowest BCUT2D eigenvalue weighted by Gasteiger charge is -2.15. The predicted molar refractivity (Wildman–Crippen MR) is 66.4 cm³/mol. The van der Waals surface area contributed by atoms with Crippen LogP contribution in [0.25, 0.3) is 0 Å². The first-order valence-electron chi connectivity index (χ1n) is 5.41. The van der Waals surface area contributed by atoms with Crippen molar-refractivity contribution in [2.75, 3.05) is 13.7 Å². The van der Waals surface area contributed by atoms with Crippen LogP contribution in [0.3, 0.4) is 0 Å². The van der Waals surface area contributed by atoms with Crippen molar-refractivity contribution in [2.24, 2.45) is 0 Å². The number of aliphatic carboxylic acids is 1. The molecule has 19 heavy (non-hydrogen) atoms. The third-order valence-corrected chi connectivity index (χ3v) is 3.88. The summed E-state index contributed by atoms with van der Waals surface area (Å²) in [6.45, 7) is -0.439. The van der Waals surface area contributed by atoms with Crippen LogP contribution in [-0.4, -0.2) is 44.4 Å². The molecule has 0 amide bonds. The number of methoxy groups -OCH3 is 1. The van der Waals surface area contributed by atoms with Crippen LogP contribution >= 0.6 is 0 Å². The summed E-state index contributed by atoms with van der Waals surface area (Å²) in [6.07, 6.45) is -0.219. The van der Waals surface area contributed by atoms with Crippen molar-refractivity contribution < 1.29 is 28.2 Å². The number of rotatable bonds is 7. The molecule has 0 saturated heterocycles. The molecular formula is C11H15NO6S. The molecule has 0 heterocycles. The number of sulfonamides is 1. The summed E-state index contributed by atoms with van der Waals surface area (Å²) in [5.41, 5.74) is 0. The molecule has 0 radical (unpaired) electrons. The van der Waals surface area contributed by atoms with Gasteiger partial charge in [-0.05, 0) is 18.6 Å². The summed E-state index contributed by atoms with van der Waals surface area (Å²) < 4.78 is 31.1. The quantitative estimate of drug-likeness (QED) is 0.641. The molecule has 0 spiro atoms. The predicted octanol–water partition coefficient (Wildman–Crippen LogP) is -0.191. The van der Waals surface area contributed by atoms with Crippen molar-refractivity contribution in [3.05, 3.63) is 24.3 Å². The Hall–Kier alpha value is -1.64. The summed E-state index contributed by atoms with van der Waals surface area (Å²) >= 11 is 0. The number of carboxylic acids is 1. The number of nitrogens with one attached hydrogen (secondary N) is 1. The van der Waals surface area contributed by atoms with Crippen LogP contribution in [0.1, 0.15) is 6.42 Å². The molecule has 1 atom stereocenters. The van der Waals surface area contributed by atoms with Crippen LogP contribution in [0.5, 0.6) is 5.75 Å². The van der Waals surface area contributed by atoms with E-state index in [1.54, 1.807) is 6.07 Å². The minimum absolute atomic E-state index is 0.114. The first kappa shape index (κ1) is 15.4. The van der Waals surface area contributed by atoms with Gasteiger partial charge in [-0.15, -0.1) is 0 Å². The Morgan fingerprint density at radius 1 is 1.42 bits per heavy atom. The fourth-order valence-corrected chi connectivity index (χ4v) is 2.85. The molecule has 0 aliphatic heterocycles. The standard InChI is InChI=1S/C11H15NO6S/c1-18-9-4-2-3-5-10(9)19(16,17)12-8(6-7-13)11(14)15/h2-5,8,12-13H,6-7H2,1H3,(H,14,15). The van der Waals surface area contributed by atoms with Gasteiger partial charge in [0.15, 0.2) is 0 Å². The number of hydrogen-bond acceptors (Lipinski definition) is 5. The van der Waals surface area contributed by atoms with Crippen LogP contribution in [0, 0.1) is 0 Å². The topological polar surface area (TPSA) is 113 Å². The van der Waals surface area contributed by atoms with E-state index in [9.17, 15) is 13.2 Å². The molecule has 106 valence electrons. The number of aliphatic hydroxyl groups excluding tert-OH is 1. The van der Waals surface area contributed by atoms with E-state index in [0.717, 1.165) is 0 Å². The third-order valence-electron chi connectivity index (χ3n) is 2.37. The Labute approximate surface area is 110 Å². The molecule has 0 bridgehead atoms. The molecule has 8 heteroatoms. The zero-order valence-corrected chi connectivity index (χ0v) is 11.1. The van der Waals surface area contributed by atoms with E-state index in [-0.39, 0.29) is 17.1 Å². The number of ether oxygens (including phenoxy) is 1. The molecular weight excluding hydrogens is 274 g/mol. The highest BCUT2D eigenvalue weighted by Gasteiger charge is 2.26. The summed E-state index contributed by atoms with van der Waals surface area (Å²) in [5.74, 6) is -1.24. The van der Waals surface area contributed by atoms with Crippen molar-refractivity contribution in [3.8, 4) is 5.75 Å². The van der Waals surface area contributed by atoms with Gasteiger partial charge in [0.05, 0.1) is 7.11 Å². The van der Waals surface area contributed by atoms with E-state index in [1.807, 2.05) is 4.72 Å². The first-order valence-corrected chi connectivity index (χ1v) is 6.89. The SMILES string of the molecule is COc1ccccc1S(=O)(=O)NC(CCO)C(=O)O. The normalized spacial score (nSPS) is 12.9. The second-order valence-electron chi connectivity index (χ2n) is 3.68. The fourth-order valence-electron chi connectivity index (χ4n) is 1.45. The van der Waals surface area contributed by atoms with E-state index >= 15 is 0 Å². The molecule has 1 aromatic rings. The van der Waals surface area contributed by atoms with E-state index in [1.165, 1.54) is 25.3 Å². The molecule has 0 fully saturated rings. The molecule has 0 aromatic heterocycles. The summed E-state index contributed by atoms with van der Waals surface area (Å²) in [7, 11) is -2.72. The highest BCUT2D eigenvalue weighted by molar-refractivity contribution is 7.89. The minimum Gasteiger partial charge on any atom is -0.495 e. The number of carbonyl (C=O) groups is 1. The summed E-state index contributed by atoms with van der Waals surface area (Å²) in [4.78, 5) is 10.7. The van der Waals surface area contributed by atoms with Crippen molar-refractivity contribution in [3.63, 3.8) is 0 Å². The molecule has 1 aromatic carbocycles. The number of para-hydroxylation sites is 1.